The third kappa shape index (κ3) is 4.72. The Bertz CT molecular complexity index is 605. The van der Waals surface area contributed by atoms with E-state index in [2.05, 4.69) is 24.4 Å². The first-order valence-corrected chi connectivity index (χ1v) is 7.14. The third-order valence-electron chi connectivity index (χ3n) is 3.45. The van der Waals surface area contributed by atoms with E-state index in [-0.39, 0.29) is 5.91 Å². The minimum Gasteiger partial charge on any atom is -0.325 e. The Morgan fingerprint density at radius 3 is 2.38 bits per heavy atom. The zero-order valence-electron chi connectivity index (χ0n) is 12.9. The lowest BCUT2D eigenvalue weighted by atomic mass is 10.1. The Balaban J connectivity index is 1.87. The molecule has 0 aliphatic heterocycles. The molecule has 21 heavy (non-hydrogen) atoms. The summed E-state index contributed by atoms with van der Waals surface area (Å²) in [5.74, 6) is 0.00920. The smallest absolute Gasteiger partial charge is 0.238 e. The summed E-state index contributed by atoms with van der Waals surface area (Å²) >= 11 is 0. The van der Waals surface area contributed by atoms with Crippen LogP contribution in [0.4, 0.5) is 5.69 Å². The second-order valence-electron chi connectivity index (χ2n) is 5.51. The molecule has 3 heteroatoms. The van der Waals surface area contributed by atoms with Gasteiger partial charge in [-0.3, -0.25) is 9.69 Å². The molecule has 0 unspecified atom stereocenters. The molecular formula is C18H22N2O. The summed E-state index contributed by atoms with van der Waals surface area (Å²) in [4.78, 5) is 14.0. The number of benzene rings is 2. The monoisotopic (exact) mass is 282 g/mol. The number of carbonyl (C=O) groups is 1. The van der Waals surface area contributed by atoms with Crippen LogP contribution >= 0.6 is 0 Å². The van der Waals surface area contributed by atoms with Gasteiger partial charge >= 0.3 is 0 Å². The molecule has 0 aliphatic carbocycles. The van der Waals surface area contributed by atoms with Gasteiger partial charge in [0.1, 0.15) is 0 Å². The number of amides is 1. The van der Waals surface area contributed by atoms with Crippen LogP contribution in [0.5, 0.6) is 0 Å². The highest BCUT2D eigenvalue weighted by molar-refractivity contribution is 5.92. The SMILES string of the molecule is Cc1ccc(NC(=O)CN(C)Cc2ccccc2C)cc1. The number of carbonyl (C=O) groups excluding carboxylic acids is 1. The van der Waals surface area contributed by atoms with Crippen molar-refractivity contribution in [3.8, 4) is 0 Å². The number of aryl methyl sites for hydroxylation is 2. The summed E-state index contributed by atoms with van der Waals surface area (Å²) in [5.41, 5.74) is 4.53. The van der Waals surface area contributed by atoms with E-state index in [0.29, 0.717) is 6.54 Å². The van der Waals surface area contributed by atoms with E-state index < -0.39 is 0 Å². The average Bonchev–Trinajstić information content (AvgIpc) is 2.44. The maximum absolute atomic E-state index is 12.0. The Labute approximate surface area is 126 Å². The van der Waals surface area contributed by atoms with Gasteiger partial charge in [0, 0.05) is 12.2 Å². The van der Waals surface area contributed by atoms with Gasteiger partial charge in [0.05, 0.1) is 6.54 Å². The van der Waals surface area contributed by atoms with Gasteiger partial charge in [0.25, 0.3) is 0 Å². The lowest BCUT2D eigenvalue weighted by Crippen LogP contribution is -2.30. The van der Waals surface area contributed by atoms with Gasteiger partial charge in [-0.25, -0.2) is 0 Å². The van der Waals surface area contributed by atoms with Gasteiger partial charge in [-0.15, -0.1) is 0 Å². The predicted molar refractivity (Wildman–Crippen MR) is 87.3 cm³/mol. The first-order valence-electron chi connectivity index (χ1n) is 7.14. The van der Waals surface area contributed by atoms with Crippen LogP contribution in [0.1, 0.15) is 16.7 Å². The van der Waals surface area contributed by atoms with E-state index in [9.17, 15) is 4.79 Å². The molecule has 2 rings (SSSR count). The molecule has 3 nitrogen and oxygen atoms in total. The molecule has 2 aromatic rings. The molecule has 0 aromatic heterocycles. The van der Waals surface area contributed by atoms with Crippen LogP contribution < -0.4 is 5.32 Å². The summed E-state index contributed by atoms with van der Waals surface area (Å²) in [6.45, 7) is 5.27. The molecule has 0 radical (unpaired) electrons. The number of nitrogens with one attached hydrogen (secondary N) is 1. The van der Waals surface area contributed by atoms with E-state index in [1.165, 1.54) is 16.7 Å². The molecule has 0 bridgehead atoms. The van der Waals surface area contributed by atoms with Crippen LogP contribution in [0, 0.1) is 13.8 Å². The standard InChI is InChI=1S/C18H22N2O/c1-14-8-10-17(11-9-14)19-18(21)13-20(3)12-16-7-5-4-6-15(16)2/h4-11H,12-13H2,1-3H3,(H,19,21). The van der Waals surface area contributed by atoms with Crippen LogP contribution in [0.3, 0.4) is 0 Å². The molecule has 110 valence electrons. The molecule has 0 saturated carbocycles. The van der Waals surface area contributed by atoms with Crippen LogP contribution in [-0.2, 0) is 11.3 Å². The Morgan fingerprint density at radius 1 is 1.05 bits per heavy atom. The summed E-state index contributed by atoms with van der Waals surface area (Å²) in [7, 11) is 1.96. The second-order valence-corrected chi connectivity index (χ2v) is 5.51. The minimum absolute atomic E-state index is 0.00920. The van der Waals surface area contributed by atoms with Crippen LogP contribution in [0.25, 0.3) is 0 Å². The highest BCUT2D eigenvalue weighted by Crippen LogP contribution is 2.11. The van der Waals surface area contributed by atoms with E-state index in [1.54, 1.807) is 0 Å². The number of nitrogens with zero attached hydrogens (tertiary/aromatic N) is 1. The molecule has 2 aromatic carbocycles. The van der Waals surface area contributed by atoms with Gasteiger partial charge in [-0.2, -0.15) is 0 Å². The number of anilines is 1. The van der Waals surface area contributed by atoms with Gasteiger partial charge in [-0.05, 0) is 44.2 Å². The molecule has 0 aliphatic rings. The number of hydrogen-bond acceptors (Lipinski definition) is 2. The molecule has 0 spiro atoms. The molecule has 0 fully saturated rings. The minimum atomic E-state index is 0.00920. The lowest BCUT2D eigenvalue weighted by molar-refractivity contribution is -0.117. The van der Waals surface area contributed by atoms with Gasteiger partial charge in [0.2, 0.25) is 5.91 Å². The van der Waals surface area contributed by atoms with Crippen LogP contribution in [-0.4, -0.2) is 24.4 Å². The van der Waals surface area contributed by atoms with Crippen molar-refractivity contribution in [3.63, 3.8) is 0 Å². The van der Waals surface area contributed by atoms with E-state index in [0.717, 1.165) is 12.2 Å². The number of likely N-dealkylation sites (N-methyl/N-ethyl adjacent to an activating group) is 1. The summed E-state index contributed by atoms with van der Waals surface area (Å²) in [6, 6.07) is 16.1. The van der Waals surface area contributed by atoms with Crippen LogP contribution in [0.15, 0.2) is 48.5 Å². The molecule has 1 N–H and O–H groups in total. The quantitative estimate of drug-likeness (QED) is 0.912. The van der Waals surface area contributed by atoms with E-state index >= 15 is 0 Å². The van der Waals surface area contributed by atoms with Crippen molar-refractivity contribution in [2.75, 3.05) is 18.9 Å². The molecule has 0 heterocycles. The van der Waals surface area contributed by atoms with Crippen LogP contribution in [0.2, 0.25) is 0 Å². The normalized spacial score (nSPS) is 10.7. The van der Waals surface area contributed by atoms with Gasteiger partial charge in [-0.1, -0.05) is 42.0 Å². The van der Waals surface area contributed by atoms with Crippen molar-refractivity contribution in [1.29, 1.82) is 0 Å². The van der Waals surface area contributed by atoms with Crippen molar-refractivity contribution < 1.29 is 4.79 Å². The molecule has 1 amide bonds. The topological polar surface area (TPSA) is 32.3 Å². The van der Waals surface area contributed by atoms with E-state index in [4.69, 9.17) is 0 Å². The Hall–Kier alpha value is -2.13. The van der Waals surface area contributed by atoms with Crippen molar-refractivity contribution >= 4 is 11.6 Å². The van der Waals surface area contributed by atoms with Crippen molar-refractivity contribution in [1.82, 2.24) is 4.90 Å². The van der Waals surface area contributed by atoms with Crippen molar-refractivity contribution in [2.24, 2.45) is 0 Å². The highest BCUT2D eigenvalue weighted by Gasteiger charge is 2.08. The predicted octanol–water partition coefficient (Wildman–Crippen LogP) is 3.37. The molecule has 0 atom stereocenters. The fraction of sp³-hybridized carbons (Fsp3) is 0.278. The fourth-order valence-electron chi connectivity index (χ4n) is 2.22. The largest absolute Gasteiger partial charge is 0.325 e. The van der Waals surface area contributed by atoms with Gasteiger partial charge < -0.3 is 5.32 Å². The lowest BCUT2D eigenvalue weighted by Gasteiger charge is -2.17. The van der Waals surface area contributed by atoms with Crippen molar-refractivity contribution in [3.05, 3.63) is 65.2 Å². The third-order valence-corrected chi connectivity index (χ3v) is 3.45. The first-order chi connectivity index (χ1) is 10.0. The van der Waals surface area contributed by atoms with E-state index in [1.807, 2.05) is 55.3 Å². The molecule has 0 saturated heterocycles. The summed E-state index contributed by atoms with van der Waals surface area (Å²) in [5, 5.41) is 2.92. The Morgan fingerprint density at radius 2 is 1.71 bits per heavy atom. The second kappa shape index (κ2) is 7.04. The maximum Gasteiger partial charge on any atom is 0.238 e. The zero-order chi connectivity index (χ0) is 15.2. The average molecular weight is 282 g/mol. The summed E-state index contributed by atoms with van der Waals surface area (Å²) < 4.78 is 0. The zero-order valence-corrected chi connectivity index (χ0v) is 12.9. The summed E-state index contributed by atoms with van der Waals surface area (Å²) in [6.07, 6.45) is 0. The van der Waals surface area contributed by atoms with Gasteiger partial charge in [0.15, 0.2) is 0 Å². The Kier molecular flexibility index (Phi) is 5.12. The first kappa shape index (κ1) is 15.3. The fourth-order valence-corrected chi connectivity index (χ4v) is 2.22. The van der Waals surface area contributed by atoms with Crippen molar-refractivity contribution in [2.45, 2.75) is 20.4 Å². The maximum atomic E-state index is 12.0. The number of hydrogen-bond donors (Lipinski definition) is 1. The number of rotatable bonds is 5. The highest BCUT2D eigenvalue weighted by atomic mass is 16.2. The molecular weight excluding hydrogens is 260 g/mol.